The van der Waals surface area contributed by atoms with Gasteiger partial charge in [0.05, 0.1) is 22.5 Å². The van der Waals surface area contributed by atoms with Gasteiger partial charge in [-0.15, -0.1) is 0 Å². The van der Waals surface area contributed by atoms with E-state index >= 15 is 0 Å². The summed E-state index contributed by atoms with van der Waals surface area (Å²) in [5.74, 6) is 0.600. The molecule has 0 radical (unpaired) electrons. The summed E-state index contributed by atoms with van der Waals surface area (Å²) in [6, 6.07) is 14.0. The molecule has 142 valence electrons. The Morgan fingerprint density at radius 1 is 1.07 bits per heavy atom. The number of nitrogens with zero attached hydrogens (tertiary/aromatic N) is 2. The molecule has 6 nitrogen and oxygen atoms in total. The van der Waals surface area contributed by atoms with E-state index in [0.29, 0.717) is 23.6 Å². The zero-order valence-corrected chi connectivity index (χ0v) is 16.5. The number of anilines is 1. The lowest BCUT2D eigenvalue weighted by Crippen LogP contribution is -2.17. The van der Waals surface area contributed by atoms with E-state index in [4.69, 9.17) is 4.74 Å². The molecule has 3 rings (SSSR count). The Bertz CT molecular complexity index is 1050. The number of nitrogens with one attached hydrogen (secondary N) is 1. The molecule has 3 aromatic rings. The second-order valence-electron chi connectivity index (χ2n) is 6.61. The molecule has 0 bridgehead atoms. The summed E-state index contributed by atoms with van der Waals surface area (Å²) in [7, 11) is -3.80. The van der Waals surface area contributed by atoms with Gasteiger partial charge < -0.3 is 4.74 Å². The summed E-state index contributed by atoms with van der Waals surface area (Å²) in [5, 5.41) is 0. The van der Waals surface area contributed by atoms with Crippen LogP contribution >= 0.6 is 0 Å². The Hall–Kier alpha value is -2.67. The van der Waals surface area contributed by atoms with E-state index in [1.165, 1.54) is 0 Å². The molecule has 0 aliphatic heterocycles. The minimum atomic E-state index is -3.80. The molecule has 0 saturated carbocycles. The van der Waals surface area contributed by atoms with Crippen LogP contribution in [0.4, 0.5) is 5.82 Å². The Morgan fingerprint density at radius 3 is 2.44 bits per heavy atom. The summed E-state index contributed by atoms with van der Waals surface area (Å²) in [6.45, 7) is 6.41. The number of aromatic nitrogens is 2. The van der Waals surface area contributed by atoms with Crippen molar-refractivity contribution >= 4 is 26.9 Å². The summed E-state index contributed by atoms with van der Waals surface area (Å²) >= 11 is 0. The standard InChI is InChI=1S/C20H23N3O3S/c1-4-14(2)13-26-20-19(21-17-10-5-6-11-18(17)22-20)23-27(24,25)16-9-7-8-15(3)12-16/h5-12,14H,4,13H2,1-3H3,(H,21,23)/t14-/m0/s1. The third-order valence-corrected chi connectivity index (χ3v) is 5.61. The topological polar surface area (TPSA) is 81.2 Å². The van der Waals surface area contributed by atoms with E-state index in [1.54, 1.807) is 24.3 Å². The van der Waals surface area contributed by atoms with E-state index in [1.807, 2.05) is 31.2 Å². The first-order valence-electron chi connectivity index (χ1n) is 8.88. The number of fused-ring (bicyclic) bond motifs is 1. The van der Waals surface area contributed by atoms with E-state index in [0.717, 1.165) is 12.0 Å². The molecule has 1 heterocycles. The number of ether oxygens (including phenoxy) is 1. The van der Waals surface area contributed by atoms with Crippen molar-refractivity contribution in [1.29, 1.82) is 0 Å². The molecule has 1 aromatic heterocycles. The molecule has 0 amide bonds. The highest BCUT2D eigenvalue weighted by Crippen LogP contribution is 2.26. The molecule has 1 atom stereocenters. The Morgan fingerprint density at radius 2 is 1.78 bits per heavy atom. The fraction of sp³-hybridized carbons (Fsp3) is 0.300. The van der Waals surface area contributed by atoms with Gasteiger partial charge in [0.1, 0.15) is 0 Å². The molecule has 0 spiro atoms. The minimum absolute atomic E-state index is 0.0958. The van der Waals surface area contributed by atoms with E-state index in [9.17, 15) is 8.42 Å². The van der Waals surface area contributed by atoms with Gasteiger partial charge in [-0.3, -0.25) is 4.72 Å². The van der Waals surface area contributed by atoms with E-state index in [-0.39, 0.29) is 16.6 Å². The van der Waals surface area contributed by atoms with Gasteiger partial charge in [0.25, 0.3) is 15.9 Å². The summed E-state index contributed by atoms with van der Waals surface area (Å²) in [4.78, 5) is 9.07. The molecule has 0 saturated heterocycles. The summed E-state index contributed by atoms with van der Waals surface area (Å²) < 4.78 is 33.9. The first-order valence-corrected chi connectivity index (χ1v) is 10.4. The quantitative estimate of drug-likeness (QED) is 0.660. The van der Waals surface area contributed by atoms with Crippen molar-refractivity contribution in [3.8, 4) is 5.88 Å². The molecular weight excluding hydrogens is 362 g/mol. The van der Waals surface area contributed by atoms with Gasteiger partial charge in [0.15, 0.2) is 0 Å². The van der Waals surface area contributed by atoms with Gasteiger partial charge in [-0.05, 0) is 42.7 Å². The van der Waals surface area contributed by atoms with Gasteiger partial charge in [-0.2, -0.15) is 0 Å². The first-order chi connectivity index (χ1) is 12.9. The predicted molar refractivity (Wildman–Crippen MR) is 106 cm³/mol. The van der Waals surface area contributed by atoms with Crippen LogP contribution < -0.4 is 9.46 Å². The van der Waals surface area contributed by atoms with Crippen molar-refractivity contribution in [2.75, 3.05) is 11.3 Å². The molecule has 0 fully saturated rings. The zero-order valence-electron chi connectivity index (χ0n) is 15.6. The van der Waals surface area contributed by atoms with Crippen LogP contribution in [0.3, 0.4) is 0 Å². The number of benzene rings is 2. The first kappa shape index (κ1) is 19.1. The number of rotatable bonds is 7. The normalized spacial score (nSPS) is 12.7. The molecule has 1 N–H and O–H groups in total. The highest BCUT2D eigenvalue weighted by molar-refractivity contribution is 7.92. The number of para-hydroxylation sites is 2. The molecule has 0 aliphatic carbocycles. The molecule has 27 heavy (non-hydrogen) atoms. The molecule has 0 aliphatic rings. The highest BCUT2D eigenvalue weighted by Gasteiger charge is 2.20. The Labute approximate surface area is 159 Å². The number of hydrogen-bond acceptors (Lipinski definition) is 5. The Kier molecular flexibility index (Phi) is 5.60. The number of sulfonamides is 1. The van der Waals surface area contributed by atoms with Gasteiger partial charge >= 0.3 is 0 Å². The third-order valence-electron chi connectivity index (χ3n) is 4.27. The monoisotopic (exact) mass is 385 g/mol. The van der Waals surface area contributed by atoms with Gasteiger partial charge in [-0.25, -0.2) is 18.4 Å². The average molecular weight is 385 g/mol. The number of aryl methyl sites for hydroxylation is 1. The van der Waals surface area contributed by atoms with Crippen molar-refractivity contribution in [3.63, 3.8) is 0 Å². The molecule has 7 heteroatoms. The van der Waals surface area contributed by atoms with Crippen LogP contribution in [0.1, 0.15) is 25.8 Å². The number of hydrogen-bond donors (Lipinski definition) is 1. The highest BCUT2D eigenvalue weighted by atomic mass is 32.2. The van der Waals surface area contributed by atoms with E-state index in [2.05, 4.69) is 28.5 Å². The van der Waals surface area contributed by atoms with Crippen molar-refractivity contribution in [3.05, 3.63) is 54.1 Å². The average Bonchev–Trinajstić information content (AvgIpc) is 2.65. The van der Waals surface area contributed by atoms with Crippen LogP contribution in [0.2, 0.25) is 0 Å². The third kappa shape index (κ3) is 4.54. The zero-order chi connectivity index (χ0) is 19.4. The fourth-order valence-electron chi connectivity index (χ4n) is 2.46. The van der Waals surface area contributed by atoms with Gasteiger partial charge in [-0.1, -0.05) is 44.5 Å². The van der Waals surface area contributed by atoms with Crippen molar-refractivity contribution in [1.82, 2.24) is 9.97 Å². The molecular formula is C20H23N3O3S. The van der Waals surface area contributed by atoms with Gasteiger partial charge in [0.2, 0.25) is 5.82 Å². The largest absolute Gasteiger partial charge is 0.475 e. The lowest BCUT2D eigenvalue weighted by atomic mass is 10.1. The Balaban J connectivity index is 2.00. The maximum atomic E-state index is 12.8. The van der Waals surface area contributed by atoms with Crippen molar-refractivity contribution in [2.45, 2.75) is 32.1 Å². The maximum absolute atomic E-state index is 12.8. The second kappa shape index (κ2) is 7.92. The predicted octanol–water partition coefficient (Wildman–Crippen LogP) is 4.16. The van der Waals surface area contributed by atoms with Crippen LogP contribution in [0.5, 0.6) is 5.88 Å². The second-order valence-corrected chi connectivity index (χ2v) is 8.29. The summed E-state index contributed by atoms with van der Waals surface area (Å²) in [5.41, 5.74) is 2.10. The lowest BCUT2D eigenvalue weighted by Gasteiger charge is -2.15. The molecule has 0 unspecified atom stereocenters. The van der Waals surface area contributed by atoms with Crippen molar-refractivity contribution in [2.24, 2.45) is 5.92 Å². The smallest absolute Gasteiger partial charge is 0.263 e. The lowest BCUT2D eigenvalue weighted by molar-refractivity contribution is 0.249. The SMILES string of the molecule is CC[C@H](C)COc1nc2ccccc2nc1NS(=O)(=O)c1cccc(C)c1. The van der Waals surface area contributed by atoms with Crippen molar-refractivity contribution < 1.29 is 13.2 Å². The fourth-order valence-corrected chi connectivity index (χ4v) is 3.56. The minimum Gasteiger partial charge on any atom is -0.475 e. The van der Waals surface area contributed by atoms with Gasteiger partial charge in [0, 0.05) is 0 Å². The maximum Gasteiger partial charge on any atom is 0.263 e. The molecule has 2 aromatic carbocycles. The summed E-state index contributed by atoms with van der Waals surface area (Å²) in [6.07, 6.45) is 0.950. The van der Waals surface area contributed by atoms with Crippen LogP contribution in [0.15, 0.2) is 53.4 Å². The van der Waals surface area contributed by atoms with Crippen LogP contribution in [-0.4, -0.2) is 25.0 Å². The van der Waals surface area contributed by atoms with E-state index < -0.39 is 10.0 Å². The van der Waals surface area contributed by atoms with Crippen LogP contribution in [0, 0.1) is 12.8 Å². The van der Waals surface area contributed by atoms with Crippen LogP contribution in [-0.2, 0) is 10.0 Å². The van der Waals surface area contributed by atoms with Crippen LogP contribution in [0.25, 0.3) is 11.0 Å².